The normalized spacial score (nSPS) is 10.8. The van der Waals surface area contributed by atoms with E-state index >= 15 is 0 Å². The van der Waals surface area contributed by atoms with Gasteiger partial charge in [-0.05, 0) is 17.7 Å². The largest absolute Gasteiger partial charge is 0.374 e. The second-order valence-corrected chi connectivity index (χ2v) is 8.96. The van der Waals surface area contributed by atoms with E-state index in [1.807, 2.05) is 0 Å². The molecule has 0 atom stereocenters. The molecule has 0 radical (unpaired) electrons. The van der Waals surface area contributed by atoms with Crippen molar-refractivity contribution in [3.05, 3.63) is 35.6 Å². The van der Waals surface area contributed by atoms with Gasteiger partial charge >= 0.3 is 0 Å². The fourth-order valence-electron chi connectivity index (χ4n) is 1.61. The Balaban J connectivity index is 1.45. The number of carbonyl (C=O) groups excluding carboxylic acids is 1. The standard InChI is InChI=1S/C13H11FN6OS4/c14-8-3-1-7(2-4-8)5-22-13-20-18-11(25-13)16-9(21)6-23-12-19-17-10(15)24-12/h1-4H,5-6H2,(H2,15,17)(H,16,18,21). The van der Waals surface area contributed by atoms with Gasteiger partial charge in [-0.1, -0.05) is 58.3 Å². The van der Waals surface area contributed by atoms with Crippen LogP contribution in [0.25, 0.3) is 0 Å². The quantitative estimate of drug-likeness (QED) is 0.449. The van der Waals surface area contributed by atoms with Crippen LogP contribution in [0.4, 0.5) is 14.7 Å². The Bertz CT molecular complexity index is 852. The minimum Gasteiger partial charge on any atom is -0.374 e. The number of rotatable bonds is 7. The summed E-state index contributed by atoms with van der Waals surface area (Å²) in [6, 6.07) is 6.29. The zero-order valence-electron chi connectivity index (χ0n) is 12.5. The molecular weight excluding hydrogens is 403 g/mol. The smallest absolute Gasteiger partial charge is 0.236 e. The molecule has 0 fully saturated rings. The molecule has 1 amide bonds. The monoisotopic (exact) mass is 414 g/mol. The number of halogens is 1. The summed E-state index contributed by atoms with van der Waals surface area (Å²) < 4.78 is 14.2. The summed E-state index contributed by atoms with van der Waals surface area (Å²) in [6.45, 7) is 0. The molecule has 130 valence electrons. The fraction of sp³-hybridized carbons (Fsp3) is 0.154. The summed E-state index contributed by atoms with van der Waals surface area (Å²) in [5, 5.41) is 19.0. The van der Waals surface area contributed by atoms with Crippen molar-refractivity contribution in [1.29, 1.82) is 0 Å². The van der Waals surface area contributed by atoms with E-state index in [1.54, 1.807) is 12.1 Å². The van der Waals surface area contributed by atoms with E-state index in [-0.39, 0.29) is 17.5 Å². The molecule has 0 unspecified atom stereocenters. The first kappa shape index (κ1) is 18.0. The lowest BCUT2D eigenvalue weighted by molar-refractivity contribution is -0.113. The molecule has 0 saturated carbocycles. The van der Waals surface area contributed by atoms with E-state index in [4.69, 9.17) is 5.73 Å². The average molecular weight is 415 g/mol. The first-order chi connectivity index (χ1) is 12.1. The number of hydrogen-bond donors (Lipinski definition) is 2. The van der Waals surface area contributed by atoms with Gasteiger partial charge < -0.3 is 5.73 Å². The van der Waals surface area contributed by atoms with E-state index in [0.717, 1.165) is 9.90 Å². The summed E-state index contributed by atoms with van der Waals surface area (Å²) in [5.74, 6) is 0.373. The van der Waals surface area contributed by atoms with Crippen LogP contribution in [0.15, 0.2) is 32.9 Å². The van der Waals surface area contributed by atoms with Crippen LogP contribution in [-0.4, -0.2) is 32.1 Å². The molecule has 3 N–H and O–H groups in total. The van der Waals surface area contributed by atoms with Gasteiger partial charge in [0, 0.05) is 5.75 Å². The molecule has 1 aromatic carbocycles. The van der Waals surface area contributed by atoms with E-state index in [1.165, 1.54) is 58.3 Å². The van der Waals surface area contributed by atoms with Gasteiger partial charge in [0.1, 0.15) is 5.82 Å². The molecule has 2 aromatic heterocycles. The second kappa shape index (κ2) is 8.56. The molecule has 3 aromatic rings. The summed E-state index contributed by atoms with van der Waals surface area (Å²) in [6.07, 6.45) is 0. The Morgan fingerprint density at radius 3 is 2.52 bits per heavy atom. The highest BCUT2D eigenvalue weighted by molar-refractivity contribution is 8.01. The molecule has 0 aliphatic rings. The van der Waals surface area contributed by atoms with Gasteiger partial charge in [-0.2, -0.15) is 0 Å². The highest BCUT2D eigenvalue weighted by atomic mass is 32.2. The zero-order valence-corrected chi connectivity index (χ0v) is 15.8. The van der Waals surface area contributed by atoms with Crippen molar-refractivity contribution in [2.75, 3.05) is 16.8 Å². The van der Waals surface area contributed by atoms with Crippen molar-refractivity contribution in [3.8, 4) is 0 Å². The Kier molecular flexibility index (Phi) is 6.18. The van der Waals surface area contributed by atoms with Gasteiger partial charge in [0.2, 0.25) is 16.2 Å². The first-order valence-electron chi connectivity index (χ1n) is 6.81. The van der Waals surface area contributed by atoms with Crippen LogP contribution >= 0.6 is 46.2 Å². The van der Waals surface area contributed by atoms with Crippen LogP contribution in [0, 0.1) is 5.82 Å². The number of anilines is 2. The molecule has 25 heavy (non-hydrogen) atoms. The molecular formula is C13H11FN6OS4. The Morgan fingerprint density at radius 1 is 1.08 bits per heavy atom. The lowest BCUT2D eigenvalue weighted by Crippen LogP contribution is -2.13. The van der Waals surface area contributed by atoms with E-state index in [0.29, 0.717) is 20.4 Å². The molecule has 0 bridgehead atoms. The molecule has 3 rings (SSSR count). The van der Waals surface area contributed by atoms with Gasteiger partial charge in [0.25, 0.3) is 0 Å². The number of aromatic nitrogens is 4. The van der Waals surface area contributed by atoms with Crippen molar-refractivity contribution >= 4 is 62.4 Å². The van der Waals surface area contributed by atoms with E-state index in [9.17, 15) is 9.18 Å². The van der Waals surface area contributed by atoms with Crippen LogP contribution in [0.2, 0.25) is 0 Å². The van der Waals surface area contributed by atoms with E-state index in [2.05, 4.69) is 25.7 Å². The molecule has 7 nitrogen and oxygen atoms in total. The second-order valence-electron chi connectivity index (χ2n) is 4.53. The molecule has 2 heterocycles. The van der Waals surface area contributed by atoms with Crippen LogP contribution in [0.5, 0.6) is 0 Å². The number of nitrogens with one attached hydrogen (secondary N) is 1. The summed E-state index contributed by atoms with van der Waals surface area (Å²) in [4.78, 5) is 11.9. The number of thioether (sulfide) groups is 2. The minimum absolute atomic E-state index is 0.187. The van der Waals surface area contributed by atoms with Crippen molar-refractivity contribution in [2.45, 2.75) is 14.4 Å². The van der Waals surface area contributed by atoms with Crippen LogP contribution in [-0.2, 0) is 10.5 Å². The maximum absolute atomic E-state index is 12.9. The van der Waals surface area contributed by atoms with E-state index < -0.39 is 0 Å². The summed E-state index contributed by atoms with van der Waals surface area (Å²) in [5.41, 5.74) is 6.47. The van der Waals surface area contributed by atoms with Crippen LogP contribution in [0.3, 0.4) is 0 Å². The van der Waals surface area contributed by atoms with Crippen LogP contribution in [0.1, 0.15) is 5.56 Å². The minimum atomic E-state index is -0.260. The Hall–Kier alpha value is -1.76. The van der Waals surface area contributed by atoms with Crippen molar-refractivity contribution in [1.82, 2.24) is 20.4 Å². The van der Waals surface area contributed by atoms with Crippen LogP contribution < -0.4 is 11.1 Å². The van der Waals surface area contributed by atoms with Gasteiger partial charge in [-0.3, -0.25) is 10.1 Å². The van der Waals surface area contributed by atoms with Gasteiger partial charge in [0.05, 0.1) is 5.75 Å². The third-order valence-electron chi connectivity index (χ3n) is 2.68. The first-order valence-corrected chi connectivity index (χ1v) is 10.4. The Morgan fingerprint density at radius 2 is 1.80 bits per heavy atom. The van der Waals surface area contributed by atoms with Gasteiger partial charge in [0.15, 0.2) is 8.68 Å². The maximum atomic E-state index is 12.9. The van der Waals surface area contributed by atoms with Crippen molar-refractivity contribution < 1.29 is 9.18 Å². The predicted molar refractivity (Wildman–Crippen MR) is 99.5 cm³/mol. The summed E-state index contributed by atoms with van der Waals surface area (Å²) in [7, 11) is 0. The average Bonchev–Trinajstić information content (AvgIpc) is 3.21. The SMILES string of the molecule is Nc1nnc(SCC(=O)Nc2nnc(SCc3ccc(F)cc3)s2)s1. The van der Waals surface area contributed by atoms with Gasteiger partial charge in [-0.25, -0.2) is 4.39 Å². The number of hydrogen-bond acceptors (Lipinski definition) is 10. The highest BCUT2D eigenvalue weighted by Gasteiger charge is 2.11. The topological polar surface area (TPSA) is 107 Å². The summed E-state index contributed by atoms with van der Waals surface area (Å²) >= 11 is 5.25. The molecule has 0 saturated heterocycles. The number of benzene rings is 1. The van der Waals surface area contributed by atoms with Crippen molar-refractivity contribution in [3.63, 3.8) is 0 Å². The third-order valence-corrected chi connectivity index (χ3v) is 6.61. The third kappa shape index (κ3) is 5.63. The highest BCUT2D eigenvalue weighted by Crippen LogP contribution is 2.29. The number of nitrogens with zero attached hydrogens (tertiary/aromatic N) is 4. The number of amides is 1. The van der Waals surface area contributed by atoms with Crippen molar-refractivity contribution in [2.24, 2.45) is 0 Å². The lowest BCUT2D eigenvalue weighted by Gasteiger charge is -1.99. The molecule has 0 aliphatic carbocycles. The lowest BCUT2D eigenvalue weighted by atomic mass is 10.2. The molecule has 12 heteroatoms. The molecule has 0 aliphatic heterocycles. The number of nitrogens with two attached hydrogens (primary N) is 1. The Labute approximate surface area is 158 Å². The number of carbonyl (C=O) groups is 1. The fourth-order valence-corrected chi connectivity index (χ4v) is 4.77. The predicted octanol–water partition coefficient (Wildman–Crippen LogP) is 3.13. The zero-order chi connectivity index (χ0) is 17.6. The maximum Gasteiger partial charge on any atom is 0.236 e. The molecule has 0 spiro atoms. The number of nitrogen functional groups attached to an aromatic ring is 1. The van der Waals surface area contributed by atoms with Gasteiger partial charge in [-0.15, -0.1) is 20.4 Å².